The second-order valence-corrected chi connectivity index (χ2v) is 6.62. The monoisotopic (exact) mass is 354 g/mol. The zero-order chi connectivity index (χ0) is 18.2. The van der Waals surface area contributed by atoms with Crippen LogP contribution in [0.15, 0.2) is 59.5 Å². The molecule has 138 valence electrons. The number of nitrogens with zero attached hydrogens (tertiary/aromatic N) is 3. The molecular weight excluding hydrogens is 328 g/mol. The summed E-state index contributed by atoms with van der Waals surface area (Å²) in [5, 5.41) is 2.90. The fourth-order valence-electron chi connectivity index (χ4n) is 3.17. The van der Waals surface area contributed by atoms with Crippen LogP contribution in [0.5, 0.6) is 0 Å². The fraction of sp³-hybridized carbons (Fsp3) is 0.400. The predicted octanol–water partition coefficient (Wildman–Crippen LogP) is 0.782. The van der Waals surface area contributed by atoms with Crippen molar-refractivity contribution in [2.75, 3.05) is 39.3 Å². The van der Waals surface area contributed by atoms with Gasteiger partial charge in [-0.05, 0) is 11.6 Å². The molecule has 6 heteroatoms. The summed E-state index contributed by atoms with van der Waals surface area (Å²) in [6.45, 7) is 6.64. The van der Waals surface area contributed by atoms with Crippen molar-refractivity contribution in [1.82, 2.24) is 19.7 Å². The van der Waals surface area contributed by atoms with Gasteiger partial charge in [-0.15, -0.1) is 0 Å². The van der Waals surface area contributed by atoms with Gasteiger partial charge in [-0.3, -0.25) is 19.4 Å². The molecule has 2 heterocycles. The van der Waals surface area contributed by atoms with E-state index in [9.17, 15) is 9.59 Å². The molecule has 1 aliphatic rings. The lowest BCUT2D eigenvalue weighted by atomic mass is 10.2. The maximum absolute atomic E-state index is 12.0. The Kier molecular flexibility index (Phi) is 6.57. The van der Waals surface area contributed by atoms with Crippen LogP contribution in [-0.2, 0) is 17.9 Å². The van der Waals surface area contributed by atoms with Gasteiger partial charge in [0.25, 0.3) is 5.56 Å². The van der Waals surface area contributed by atoms with Gasteiger partial charge in [0.15, 0.2) is 0 Å². The zero-order valence-corrected chi connectivity index (χ0v) is 15.0. The highest BCUT2D eigenvalue weighted by molar-refractivity contribution is 5.75. The van der Waals surface area contributed by atoms with Crippen LogP contribution in [0, 0.1) is 0 Å². The number of carbonyl (C=O) groups is 1. The van der Waals surface area contributed by atoms with Gasteiger partial charge >= 0.3 is 0 Å². The van der Waals surface area contributed by atoms with E-state index in [4.69, 9.17) is 0 Å². The fourth-order valence-corrected chi connectivity index (χ4v) is 3.17. The third kappa shape index (κ3) is 5.54. The molecule has 0 radical (unpaired) electrons. The Morgan fingerprint density at radius 1 is 0.923 bits per heavy atom. The summed E-state index contributed by atoms with van der Waals surface area (Å²) in [6.07, 6.45) is 1.63. The smallest absolute Gasteiger partial charge is 0.250 e. The summed E-state index contributed by atoms with van der Waals surface area (Å²) in [6, 6.07) is 15.4. The first-order valence-corrected chi connectivity index (χ1v) is 9.11. The minimum atomic E-state index is -0.155. The van der Waals surface area contributed by atoms with Crippen molar-refractivity contribution in [2.45, 2.75) is 13.1 Å². The second kappa shape index (κ2) is 9.31. The Morgan fingerprint density at radius 3 is 2.35 bits per heavy atom. The largest absolute Gasteiger partial charge is 0.353 e. The van der Waals surface area contributed by atoms with Crippen molar-refractivity contribution in [2.24, 2.45) is 0 Å². The summed E-state index contributed by atoms with van der Waals surface area (Å²) in [4.78, 5) is 28.4. The Labute approximate surface area is 154 Å². The Balaban J connectivity index is 1.33. The summed E-state index contributed by atoms with van der Waals surface area (Å²) < 4.78 is 1.41. The lowest BCUT2D eigenvalue weighted by Crippen LogP contribution is -2.48. The summed E-state index contributed by atoms with van der Waals surface area (Å²) in [5.41, 5.74) is 1.20. The highest BCUT2D eigenvalue weighted by Gasteiger charge is 2.16. The van der Waals surface area contributed by atoms with E-state index in [2.05, 4.69) is 39.4 Å². The van der Waals surface area contributed by atoms with E-state index < -0.39 is 0 Å². The van der Waals surface area contributed by atoms with Gasteiger partial charge < -0.3 is 9.88 Å². The normalized spacial score (nSPS) is 15.7. The molecule has 1 fully saturated rings. The highest BCUT2D eigenvalue weighted by atomic mass is 16.2. The van der Waals surface area contributed by atoms with Crippen LogP contribution in [0.1, 0.15) is 5.56 Å². The van der Waals surface area contributed by atoms with E-state index in [0.717, 1.165) is 39.3 Å². The van der Waals surface area contributed by atoms with Crippen LogP contribution in [0.2, 0.25) is 0 Å². The van der Waals surface area contributed by atoms with Crippen molar-refractivity contribution in [3.05, 3.63) is 70.6 Å². The van der Waals surface area contributed by atoms with Gasteiger partial charge in [-0.25, -0.2) is 0 Å². The molecule has 1 N–H and O–H groups in total. The Bertz CT molecular complexity index is 752. The molecule has 1 aromatic heterocycles. The van der Waals surface area contributed by atoms with E-state index >= 15 is 0 Å². The molecule has 0 atom stereocenters. The van der Waals surface area contributed by atoms with Crippen molar-refractivity contribution in [3.63, 3.8) is 0 Å². The number of aromatic nitrogens is 1. The maximum Gasteiger partial charge on any atom is 0.250 e. The molecule has 26 heavy (non-hydrogen) atoms. The molecular formula is C20H26N4O2. The number of carbonyl (C=O) groups excluding carboxylic acids is 1. The third-order valence-corrected chi connectivity index (χ3v) is 4.68. The first kappa shape index (κ1) is 18.4. The van der Waals surface area contributed by atoms with Gasteiger partial charge in [0.05, 0.1) is 0 Å². The standard InChI is InChI=1S/C20H26N4O2/c25-19(17-24-10-5-4-8-20(24)26)21-9-11-22-12-14-23(15-13-22)16-18-6-2-1-3-7-18/h1-8,10H,9,11-17H2,(H,21,25). The van der Waals surface area contributed by atoms with Crippen molar-refractivity contribution < 1.29 is 4.79 Å². The maximum atomic E-state index is 12.0. The average Bonchev–Trinajstić information content (AvgIpc) is 2.66. The number of piperazine rings is 1. The molecule has 2 aromatic rings. The van der Waals surface area contributed by atoms with E-state index in [1.165, 1.54) is 16.2 Å². The van der Waals surface area contributed by atoms with Crippen molar-refractivity contribution >= 4 is 5.91 Å². The SMILES string of the molecule is O=C(Cn1ccccc1=O)NCCN1CCN(Cc2ccccc2)CC1. The molecule has 3 rings (SSSR count). The number of nitrogens with one attached hydrogen (secondary N) is 1. The van der Waals surface area contributed by atoms with Gasteiger partial charge in [0, 0.05) is 58.1 Å². The van der Waals surface area contributed by atoms with E-state index in [1.54, 1.807) is 18.3 Å². The number of amides is 1. The molecule has 0 unspecified atom stereocenters. The Morgan fingerprint density at radius 2 is 1.62 bits per heavy atom. The average molecular weight is 354 g/mol. The van der Waals surface area contributed by atoms with Gasteiger partial charge in [0.2, 0.25) is 5.91 Å². The van der Waals surface area contributed by atoms with Gasteiger partial charge in [0.1, 0.15) is 6.54 Å². The number of hydrogen-bond acceptors (Lipinski definition) is 4. The minimum absolute atomic E-state index is 0.0739. The Hall–Kier alpha value is -2.44. The van der Waals surface area contributed by atoms with Crippen LogP contribution in [-0.4, -0.2) is 59.5 Å². The summed E-state index contributed by atoms with van der Waals surface area (Å²) in [5.74, 6) is -0.124. The molecule has 6 nitrogen and oxygen atoms in total. The predicted molar refractivity (Wildman–Crippen MR) is 102 cm³/mol. The van der Waals surface area contributed by atoms with Crippen LogP contribution in [0.3, 0.4) is 0 Å². The van der Waals surface area contributed by atoms with Crippen LogP contribution < -0.4 is 10.9 Å². The first-order valence-electron chi connectivity index (χ1n) is 9.11. The quantitative estimate of drug-likeness (QED) is 0.798. The van der Waals surface area contributed by atoms with E-state index in [0.29, 0.717) is 6.54 Å². The third-order valence-electron chi connectivity index (χ3n) is 4.68. The summed E-state index contributed by atoms with van der Waals surface area (Å²) >= 11 is 0. The molecule has 0 spiro atoms. The van der Waals surface area contributed by atoms with Crippen LogP contribution in [0.4, 0.5) is 0 Å². The lowest BCUT2D eigenvalue weighted by Gasteiger charge is -2.34. The zero-order valence-electron chi connectivity index (χ0n) is 15.0. The molecule has 1 aromatic carbocycles. The number of pyridine rings is 1. The van der Waals surface area contributed by atoms with Crippen LogP contribution in [0.25, 0.3) is 0 Å². The lowest BCUT2D eigenvalue weighted by molar-refractivity contribution is -0.121. The number of benzene rings is 1. The van der Waals surface area contributed by atoms with Crippen molar-refractivity contribution in [1.29, 1.82) is 0 Å². The second-order valence-electron chi connectivity index (χ2n) is 6.62. The van der Waals surface area contributed by atoms with E-state index in [1.807, 2.05) is 6.07 Å². The van der Waals surface area contributed by atoms with Gasteiger partial charge in [-0.2, -0.15) is 0 Å². The van der Waals surface area contributed by atoms with Crippen molar-refractivity contribution in [3.8, 4) is 0 Å². The molecule has 1 aliphatic heterocycles. The topological polar surface area (TPSA) is 57.6 Å². The molecule has 1 saturated heterocycles. The van der Waals surface area contributed by atoms with Gasteiger partial charge in [-0.1, -0.05) is 36.4 Å². The van der Waals surface area contributed by atoms with E-state index in [-0.39, 0.29) is 18.0 Å². The number of rotatable bonds is 7. The molecule has 0 bridgehead atoms. The summed E-state index contributed by atoms with van der Waals surface area (Å²) in [7, 11) is 0. The first-order chi connectivity index (χ1) is 12.7. The molecule has 1 amide bonds. The minimum Gasteiger partial charge on any atom is -0.353 e. The highest BCUT2D eigenvalue weighted by Crippen LogP contribution is 2.07. The molecule has 0 saturated carbocycles. The number of hydrogen-bond donors (Lipinski definition) is 1. The van der Waals surface area contributed by atoms with Crippen LogP contribution >= 0.6 is 0 Å². The molecule has 0 aliphatic carbocycles.